The molecule has 0 radical (unpaired) electrons. The molecule has 5 heteroatoms. The predicted molar refractivity (Wildman–Crippen MR) is 69.2 cm³/mol. The van der Waals surface area contributed by atoms with Gasteiger partial charge in [0.15, 0.2) is 0 Å². The summed E-state index contributed by atoms with van der Waals surface area (Å²) in [5, 5.41) is 7.34. The Hall–Kier alpha value is -1.75. The lowest BCUT2D eigenvalue weighted by Gasteiger charge is -2.04. The summed E-state index contributed by atoms with van der Waals surface area (Å²) in [5.41, 5.74) is 1.63. The summed E-state index contributed by atoms with van der Waals surface area (Å²) in [4.78, 5) is 4.36. The zero-order valence-electron chi connectivity index (χ0n) is 10.8. The highest BCUT2D eigenvalue weighted by Crippen LogP contribution is 2.22. The van der Waals surface area contributed by atoms with Crippen LogP contribution in [-0.4, -0.2) is 22.7 Å². The third kappa shape index (κ3) is 2.66. The molecule has 3 rings (SSSR count). The average Bonchev–Trinajstić information content (AvgIpc) is 3.04. The molecule has 4 nitrogen and oxygen atoms in total. The van der Waals surface area contributed by atoms with Crippen LogP contribution in [0, 0.1) is 12.7 Å². The molecule has 1 N–H and O–H groups in total. The highest BCUT2D eigenvalue weighted by atomic mass is 19.1. The molecule has 0 saturated carbocycles. The average molecular weight is 261 g/mol. The minimum absolute atomic E-state index is 0.288. The van der Waals surface area contributed by atoms with Crippen molar-refractivity contribution >= 4 is 0 Å². The van der Waals surface area contributed by atoms with Crippen LogP contribution in [-0.2, 0) is 6.42 Å². The summed E-state index contributed by atoms with van der Waals surface area (Å²) in [5.74, 6) is 0.785. The Morgan fingerprint density at radius 3 is 3.16 bits per heavy atom. The summed E-state index contributed by atoms with van der Waals surface area (Å²) in [6.07, 6.45) is 3.06. The van der Waals surface area contributed by atoms with E-state index in [-0.39, 0.29) is 5.82 Å². The van der Waals surface area contributed by atoms with Crippen LogP contribution in [0.15, 0.2) is 22.7 Å². The second-order valence-electron chi connectivity index (χ2n) is 4.97. The van der Waals surface area contributed by atoms with Gasteiger partial charge in [-0.05, 0) is 44.0 Å². The molecule has 2 heterocycles. The van der Waals surface area contributed by atoms with Crippen molar-refractivity contribution in [3.05, 3.63) is 35.5 Å². The summed E-state index contributed by atoms with van der Waals surface area (Å²) in [6.45, 7) is 2.96. The smallest absolute Gasteiger partial charge is 0.228 e. The molecule has 0 spiro atoms. The van der Waals surface area contributed by atoms with Crippen molar-refractivity contribution in [3.8, 4) is 11.4 Å². The van der Waals surface area contributed by atoms with Gasteiger partial charge in [-0.15, -0.1) is 0 Å². The summed E-state index contributed by atoms with van der Waals surface area (Å²) in [6, 6.07) is 5.01. The highest BCUT2D eigenvalue weighted by molar-refractivity contribution is 5.59. The third-order valence-electron chi connectivity index (χ3n) is 3.49. The van der Waals surface area contributed by atoms with Gasteiger partial charge in [-0.2, -0.15) is 4.98 Å². The van der Waals surface area contributed by atoms with E-state index in [0.29, 0.717) is 23.3 Å². The number of aromatic nitrogens is 2. The molecule has 0 aliphatic carbocycles. The molecule has 1 saturated heterocycles. The third-order valence-corrected chi connectivity index (χ3v) is 3.49. The van der Waals surface area contributed by atoms with Gasteiger partial charge < -0.3 is 9.84 Å². The van der Waals surface area contributed by atoms with Crippen LogP contribution < -0.4 is 5.32 Å². The number of halogens is 1. The lowest BCUT2D eigenvalue weighted by atomic mass is 10.1. The zero-order valence-corrected chi connectivity index (χ0v) is 10.8. The van der Waals surface area contributed by atoms with Gasteiger partial charge in [-0.3, -0.25) is 0 Å². The zero-order chi connectivity index (χ0) is 13.2. The summed E-state index contributed by atoms with van der Waals surface area (Å²) in [7, 11) is 0. The quantitative estimate of drug-likeness (QED) is 0.922. The van der Waals surface area contributed by atoms with Gasteiger partial charge in [0, 0.05) is 18.0 Å². The Labute approximate surface area is 111 Å². The Morgan fingerprint density at radius 1 is 1.47 bits per heavy atom. The van der Waals surface area contributed by atoms with E-state index >= 15 is 0 Å². The Morgan fingerprint density at radius 2 is 2.37 bits per heavy atom. The molecule has 0 bridgehead atoms. The van der Waals surface area contributed by atoms with Crippen LogP contribution >= 0.6 is 0 Å². The lowest BCUT2D eigenvalue weighted by molar-refractivity contribution is 0.364. The molecule has 1 unspecified atom stereocenters. The maximum Gasteiger partial charge on any atom is 0.228 e. The molecule has 1 atom stereocenters. The summed E-state index contributed by atoms with van der Waals surface area (Å²) < 4.78 is 18.5. The van der Waals surface area contributed by atoms with Crippen molar-refractivity contribution in [2.75, 3.05) is 6.54 Å². The van der Waals surface area contributed by atoms with Crippen molar-refractivity contribution in [2.24, 2.45) is 0 Å². The molecular formula is C14H16FN3O. The van der Waals surface area contributed by atoms with E-state index in [4.69, 9.17) is 4.52 Å². The number of hydrogen-bond donors (Lipinski definition) is 1. The van der Waals surface area contributed by atoms with E-state index in [1.165, 1.54) is 18.6 Å². The van der Waals surface area contributed by atoms with Gasteiger partial charge in [0.2, 0.25) is 11.7 Å². The SMILES string of the molecule is Cc1ccc(F)cc1-c1noc(CC2CCCN2)n1. The lowest BCUT2D eigenvalue weighted by Crippen LogP contribution is -2.23. The molecule has 1 fully saturated rings. The maximum absolute atomic E-state index is 13.3. The van der Waals surface area contributed by atoms with E-state index in [1.807, 2.05) is 6.92 Å². The van der Waals surface area contributed by atoms with Crippen molar-refractivity contribution in [2.45, 2.75) is 32.2 Å². The fraction of sp³-hybridized carbons (Fsp3) is 0.429. The first-order chi connectivity index (χ1) is 9.22. The number of nitrogens with zero attached hydrogens (tertiary/aromatic N) is 2. The monoisotopic (exact) mass is 261 g/mol. The molecule has 1 aromatic carbocycles. The number of hydrogen-bond acceptors (Lipinski definition) is 4. The highest BCUT2D eigenvalue weighted by Gasteiger charge is 2.19. The van der Waals surface area contributed by atoms with Crippen molar-refractivity contribution < 1.29 is 8.91 Å². The number of aryl methyl sites for hydroxylation is 1. The molecule has 1 aromatic heterocycles. The van der Waals surface area contributed by atoms with Crippen LogP contribution in [0.25, 0.3) is 11.4 Å². The molecule has 2 aromatic rings. The van der Waals surface area contributed by atoms with Crippen LogP contribution in [0.3, 0.4) is 0 Å². The van der Waals surface area contributed by atoms with Gasteiger partial charge in [0.1, 0.15) is 5.82 Å². The van der Waals surface area contributed by atoms with Gasteiger partial charge in [-0.1, -0.05) is 11.2 Å². The molecular weight excluding hydrogens is 245 g/mol. The van der Waals surface area contributed by atoms with Gasteiger partial charge >= 0.3 is 0 Å². The summed E-state index contributed by atoms with van der Waals surface area (Å²) >= 11 is 0. The van der Waals surface area contributed by atoms with E-state index in [9.17, 15) is 4.39 Å². The first kappa shape index (κ1) is 12.3. The van der Waals surface area contributed by atoms with Gasteiger partial charge in [-0.25, -0.2) is 4.39 Å². The topological polar surface area (TPSA) is 51.0 Å². The molecule has 19 heavy (non-hydrogen) atoms. The second kappa shape index (κ2) is 5.09. The van der Waals surface area contributed by atoms with Crippen LogP contribution in [0.1, 0.15) is 24.3 Å². The second-order valence-corrected chi connectivity index (χ2v) is 4.97. The van der Waals surface area contributed by atoms with Gasteiger partial charge in [0.05, 0.1) is 0 Å². The maximum atomic E-state index is 13.3. The Kier molecular flexibility index (Phi) is 3.29. The molecule has 0 amide bonds. The predicted octanol–water partition coefficient (Wildman–Crippen LogP) is 2.48. The fourth-order valence-electron chi connectivity index (χ4n) is 2.42. The van der Waals surface area contributed by atoms with Crippen molar-refractivity contribution in [1.29, 1.82) is 0 Å². The first-order valence-corrected chi connectivity index (χ1v) is 6.55. The van der Waals surface area contributed by atoms with Crippen LogP contribution in [0.4, 0.5) is 4.39 Å². The molecule has 1 aliphatic rings. The largest absolute Gasteiger partial charge is 0.339 e. The minimum atomic E-state index is -0.288. The van der Waals surface area contributed by atoms with E-state index < -0.39 is 0 Å². The molecule has 1 aliphatic heterocycles. The molecule has 100 valence electrons. The fourth-order valence-corrected chi connectivity index (χ4v) is 2.42. The number of rotatable bonds is 3. The van der Waals surface area contributed by atoms with E-state index in [2.05, 4.69) is 15.5 Å². The standard InChI is InChI=1S/C14H16FN3O/c1-9-4-5-10(15)7-12(9)14-17-13(19-18-14)8-11-3-2-6-16-11/h4-5,7,11,16H,2-3,6,8H2,1H3. The number of benzene rings is 1. The van der Waals surface area contributed by atoms with E-state index in [0.717, 1.165) is 24.9 Å². The van der Waals surface area contributed by atoms with Crippen LogP contribution in [0.5, 0.6) is 0 Å². The van der Waals surface area contributed by atoms with Crippen molar-refractivity contribution in [3.63, 3.8) is 0 Å². The van der Waals surface area contributed by atoms with E-state index in [1.54, 1.807) is 6.07 Å². The number of nitrogens with one attached hydrogen (secondary N) is 1. The Bertz CT molecular complexity index is 576. The minimum Gasteiger partial charge on any atom is -0.339 e. The normalized spacial score (nSPS) is 18.9. The van der Waals surface area contributed by atoms with Gasteiger partial charge in [0.25, 0.3) is 0 Å². The first-order valence-electron chi connectivity index (χ1n) is 6.55. The van der Waals surface area contributed by atoms with Crippen LogP contribution in [0.2, 0.25) is 0 Å². The Balaban J connectivity index is 1.82. The van der Waals surface area contributed by atoms with Crippen molar-refractivity contribution in [1.82, 2.24) is 15.5 Å².